The third-order valence-corrected chi connectivity index (χ3v) is 9.42. The number of rotatable bonds is 13. The molecule has 43 heavy (non-hydrogen) atoms. The van der Waals surface area contributed by atoms with Gasteiger partial charge in [-0.1, -0.05) is 62.4 Å². The summed E-state index contributed by atoms with van der Waals surface area (Å²) < 4.78 is 0. The largest absolute Gasteiger partial charge is 1.00 e. The second-order valence-corrected chi connectivity index (χ2v) is 12.9. The molecule has 0 radical (unpaired) electrons. The molecule has 1 aliphatic heterocycles. The number of carboxylic acid groups (broad SMARTS) is 1. The number of hydrogen-bond donors (Lipinski definition) is 2. The van der Waals surface area contributed by atoms with Crippen LogP contribution < -0.4 is 34.6 Å². The second-order valence-electron chi connectivity index (χ2n) is 11.9. The van der Waals surface area contributed by atoms with E-state index in [1.165, 1.54) is 50.3 Å². The predicted octanol–water partition coefficient (Wildman–Crippen LogP) is 1.71. The Labute approximate surface area is 273 Å². The van der Waals surface area contributed by atoms with Crippen molar-refractivity contribution in [3.05, 3.63) is 59.2 Å². The fourth-order valence-electron chi connectivity index (χ4n) is 6.32. The molecule has 1 saturated carbocycles. The number of carbonyl (C=O) groups is 3. The summed E-state index contributed by atoms with van der Waals surface area (Å²) in [5.74, 6) is -0.321. The van der Waals surface area contributed by atoms with Crippen molar-refractivity contribution in [1.82, 2.24) is 15.5 Å². The molecule has 2 aromatic rings. The Hall–Kier alpha value is -2.24. The zero-order valence-electron chi connectivity index (χ0n) is 26.2. The maximum atomic E-state index is 13.7. The van der Waals surface area contributed by atoms with Crippen molar-refractivity contribution in [3.63, 3.8) is 0 Å². The van der Waals surface area contributed by atoms with E-state index in [1.807, 2.05) is 54.5 Å². The molecule has 0 unspecified atom stereocenters. The molecular weight excluding hydrogens is 553 g/mol. The first-order valence-corrected chi connectivity index (χ1v) is 17.0. The third kappa shape index (κ3) is 10.1. The number of amides is 2. The summed E-state index contributed by atoms with van der Waals surface area (Å²) in [6, 6.07) is 12.3. The summed E-state index contributed by atoms with van der Waals surface area (Å²) in [5.41, 5.74) is 4.08. The molecule has 2 N–H and O–H groups in total. The van der Waals surface area contributed by atoms with Gasteiger partial charge in [0.2, 0.25) is 5.91 Å². The molecule has 1 heterocycles. The molecule has 2 amide bonds. The number of carbonyl (C=O) groups excluding carboxylic acids is 3. The van der Waals surface area contributed by atoms with Crippen LogP contribution in [0.2, 0.25) is 0 Å². The van der Waals surface area contributed by atoms with Crippen molar-refractivity contribution in [2.45, 2.75) is 89.8 Å². The van der Waals surface area contributed by atoms with Gasteiger partial charge in [0.1, 0.15) is 0 Å². The number of piperidine rings is 1. The van der Waals surface area contributed by atoms with Gasteiger partial charge >= 0.3 is 18.9 Å². The van der Waals surface area contributed by atoms with E-state index in [9.17, 15) is 19.5 Å². The summed E-state index contributed by atoms with van der Waals surface area (Å²) in [6.07, 6.45) is 12.5. The van der Waals surface area contributed by atoms with E-state index in [0.29, 0.717) is 30.2 Å². The number of likely N-dealkylation sites (tertiary alicyclic amines) is 1. The van der Waals surface area contributed by atoms with Gasteiger partial charge in [0.05, 0.1) is 18.1 Å². The molecule has 2 aliphatic rings. The molecule has 0 spiro atoms. The van der Waals surface area contributed by atoms with Gasteiger partial charge in [-0.05, 0) is 91.3 Å². The summed E-state index contributed by atoms with van der Waals surface area (Å²) in [4.78, 5) is 40.8. The van der Waals surface area contributed by atoms with Crippen LogP contribution in [0.15, 0.2) is 42.5 Å². The monoisotopic (exact) mass is 599 g/mol. The number of nitrogens with one attached hydrogen (secondary N) is 2. The van der Waals surface area contributed by atoms with E-state index in [0.717, 1.165) is 54.6 Å². The minimum absolute atomic E-state index is 0. The van der Waals surface area contributed by atoms with E-state index < -0.39 is 17.9 Å². The molecule has 7 nitrogen and oxygen atoms in total. The molecule has 9 heteroatoms. The van der Waals surface area contributed by atoms with Gasteiger partial charge in [0.15, 0.2) is 0 Å². The van der Waals surface area contributed by atoms with Crippen molar-refractivity contribution in [2.24, 2.45) is 5.92 Å². The minimum Gasteiger partial charge on any atom is -0.548 e. The molecular formula is C34H46LiN3O4S. The molecule has 1 aliphatic carbocycles. The van der Waals surface area contributed by atoms with Crippen LogP contribution in [0, 0.1) is 12.8 Å². The van der Waals surface area contributed by atoms with E-state index in [1.54, 1.807) is 6.07 Å². The van der Waals surface area contributed by atoms with Crippen LogP contribution in [-0.2, 0) is 16.1 Å². The first-order valence-electron chi connectivity index (χ1n) is 15.6. The fraction of sp³-hybridized carbons (Fsp3) is 0.559. The van der Waals surface area contributed by atoms with Crippen molar-refractivity contribution in [2.75, 3.05) is 25.1 Å². The third-order valence-electron chi connectivity index (χ3n) is 8.78. The van der Waals surface area contributed by atoms with Crippen LogP contribution in [0.3, 0.4) is 0 Å². The number of carboxylic acids is 1. The van der Waals surface area contributed by atoms with Crippen molar-refractivity contribution >= 4 is 29.5 Å². The van der Waals surface area contributed by atoms with E-state index in [-0.39, 0.29) is 30.8 Å². The van der Waals surface area contributed by atoms with Gasteiger partial charge in [-0.2, -0.15) is 11.8 Å². The van der Waals surface area contributed by atoms with E-state index in [4.69, 9.17) is 0 Å². The van der Waals surface area contributed by atoms with Gasteiger partial charge in [-0.25, -0.2) is 0 Å². The standard InChI is InChI=1S/C34H47N3O4S.Li/c1-24-11-7-8-14-27(24)29-21-26(15-16-28(29)32(38)36-30(34(40)41)17-20-42-2)23-35-31(22-25-12-5-3-6-13-25)33(39)37-18-9-4-10-19-37;/h7-8,11,14-16,21,25,30-31,35H,3-6,9-10,12-13,17-20,22-23H2,1-2H3,(H,36,38)(H,40,41);/q;+1/p-1/t30-,31-;/m0./s1. The van der Waals surface area contributed by atoms with Crippen LogP contribution in [0.4, 0.5) is 0 Å². The molecule has 228 valence electrons. The van der Waals surface area contributed by atoms with Crippen LogP contribution in [0.25, 0.3) is 11.1 Å². The Morgan fingerprint density at radius 1 is 0.953 bits per heavy atom. The summed E-state index contributed by atoms with van der Waals surface area (Å²) in [5, 5.41) is 18.0. The molecule has 2 fully saturated rings. The van der Waals surface area contributed by atoms with Gasteiger partial charge in [-0.3, -0.25) is 9.59 Å². The first kappa shape index (κ1) is 35.2. The molecule has 2 atom stereocenters. The van der Waals surface area contributed by atoms with Crippen molar-refractivity contribution in [3.8, 4) is 11.1 Å². The van der Waals surface area contributed by atoms with Gasteiger partial charge in [-0.15, -0.1) is 0 Å². The van der Waals surface area contributed by atoms with Crippen LogP contribution in [0.5, 0.6) is 0 Å². The number of nitrogens with zero attached hydrogens (tertiary/aromatic N) is 1. The SMILES string of the molecule is CSCC[C@H](NC(=O)c1ccc(CN[C@@H](CC2CCCCC2)C(=O)N2CCCCC2)cc1-c1ccccc1C)C(=O)[O-].[Li+]. The smallest absolute Gasteiger partial charge is 0.548 e. The number of aliphatic carboxylic acids is 1. The maximum absolute atomic E-state index is 13.7. The van der Waals surface area contributed by atoms with Crippen molar-refractivity contribution in [1.29, 1.82) is 0 Å². The Bertz CT molecular complexity index is 1210. The van der Waals surface area contributed by atoms with Crippen LogP contribution in [-0.4, -0.2) is 59.9 Å². The number of thioether (sulfide) groups is 1. The molecule has 4 rings (SSSR count). The quantitative estimate of drug-likeness (QED) is 0.340. The minimum atomic E-state index is -1.28. The number of hydrogen-bond acceptors (Lipinski definition) is 6. The zero-order valence-corrected chi connectivity index (χ0v) is 27.0. The Morgan fingerprint density at radius 2 is 1.65 bits per heavy atom. The molecule has 1 saturated heterocycles. The van der Waals surface area contributed by atoms with Gasteiger partial charge in [0.25, 0.3) is 5.91 Å². The van der Waals surface area contributed by atoms with E-state index in [2.05, 4.69) is 10.6 Å². The number of benzene rings is 2. The van der Waals surface area contributed by atoms with Gasteiger partial charge in [0, 0.05) is 25.2 Å². The maximum Gasteiger partial charge on any atom is 1.00 e. The molecule has 0 bridgehead atoms. The van der Waals surface area contributed by atoms with Gasteiger partial charge < -0.3 is 25.4 Å². The molecule has 0 aromatic heterocycles. The van der Waals surface area contributed by atoms with Crippen LogP contribution >= 0.6 is 11.8 Å². The Balaban J connectivity index is 0.00000506. The first-order chi connectivity index (χ1) is 20.4. The Kier molecular flexibility index (Phi) is 14.7. The van der Waals surface area contributed by atoms with E-state index >= 15 is 0 Å². The Morgan fingerprint density at radius 3 is 2.33 bits per heavy atom. The zero-order chi connectivity index (χ0) is 29.9. The predicted molar refractivity (Wildman–Crippen MR) is 168 cm³/mol. The normalized spacial score (nSPS) is 17.0. The summed E-state index contributed by atoms with van der Waals surface area (Å²) >= 11 is 1.53. The summed E-state index contributed by atoms with van der Waals surface area (Å²) in [7, 11) is 0. The van der Waals surface area contributed by atoms with Crippen molar-refractivity contribution < 1.29 is 38.4 Å². The number of aryl methyl sites for hydroxylation is 1. The fourth-order valence-corrected chi connectivity index (χ4v) is 6.79. The molecule has 2 aromatic carbocycles. The average Bonchev–Trinajstić information content (AvgIpc) is 3.01. The second kappa shape index (κ2) is 17.9. The average molecular weight is 600 g/mol. The topological polar surface area (TPSA) is 102 Å². The van der Waals surface area contributed by atoms with Crippen LogP contribution in [0.1, 0.15) is 85.7 Å². The summed E-state index contributed by atoms with van der Waals surface area (Å²) in [6.45, 7) is 4.19.